The van der Waals surface area contributed by atoms with Gasteiger partial charge in [-0.05, 0) is 31.1 Å². The highest BCUT2D eigenvalue weighted by Crippen LogP contribution is 2.15. The first-order chi connectivity index (χ1) is 7.51. The van der Waals surface area contributed by atoms with Crippen LogP contribution in [0.2, 0.25) is 0 Å². The lowest BCUT2D eigenvalue weighted by Gasteiger charge is -2.21. The van der Waals surface area contributed by atoms with Gasteiger partial charge in [0.15, 0.2) is 0 Å². The largest absolute Gasteiger partial charge is 0.345 e. The zero-order valence-corrected chi connectivity index (χ0v) is 11.8. The van der Waals surface area contributed by atoms with Gasteiger partial charge in [0, 0.05) is 25.8 Å². The molecule has 0 rings (SSSR count). The van der Waals surface area contributed by atoms with Crippen molar-refractivity contribution in [1.82, 2.24) is 4.90 Å². The van der Waals surface area contributed by atoms with Crippen LogP contribution in [-0.4, -0.2) is 43.0 Å². The van der Waals surface area contributed by atoms with E-state index in [9.17, 15) is 4.79 Å². The second-order valence-electron chi connectivity index (χ2n) is 4.74. The molecule has 0 bridgehead atoms. The van der Waals surface area contributed by atoms with Gasteiger partial charge < -0.3 is 10.6 Å². The van der Waals surface area contributed by atoms with E-state index in [0.717, 1.165) is 18.7 Å². The van der Waals surface area contributed by atoms with Crippen LogP contribution in [0.1, 0.15) is 26.7 Å². The van der Waals surface area contributed by atoms with Gasteiger partial charge in [-0.2, -0.15) is 11.8 Å². The molecule has 0 fully saturated rings. The number of hydrogen-bond donors (Lipinski definition) is 1. The summed E-state index contributed by atoms with van der Waals surface area (Å²) in [5.74, 6) is 2.17. The molecule has 0 spiro atoms. The van der Waals surface area contributed by atoms with E-state index in [-0.39, 0.29) is 5.91 Å². The Bertz CT molecular complexity index is 197. The van der Waals surface area contributed by atoms with E-state index in [1.807, 2.05) is 11.9 Å². The number of hydrogen-bond acceptors (Lipinski definition) is 3. The fourth-order valence-corrected chi connectivity index (χ4v) is 2.14. The van der Waals surface area contributed by atoms with Gasteiger partial charge in [-0.3, -0.25) is 4.79 Å². The third-order valence-corrected chi connectivity index (χ3v) is 3.25. The predicted molar refractivity (Wildman–Crippen MR) is 72.6 cm³/mol. The van der Waals surface area contributed by atoms with Crippen LogP contribution < -0.4 is 5.73 Å². The first kappa shape index (κ1) is 15.8. The van der Waals surface area contributed by atoms with Gasteiger partial charge in [0.25, 0.3) is 0 Å². The second kappa shape index (κ2) is 8.88. The number of nitrogens with two attached hydrogens (primary N) is 1. The molecular formula is C12H26N2OS. The van der Waals surface area contributed by atoms with Gasteiger partial charge in [0.1, 0.15) is 0 Å². The molecule has 3 nitrogen and oxygen atoms in total. The molecule has 4 heteroatoms. The van der Waals surface area contributed by atoms with Crippen molar-refractivity contribution >= 4 is 17.7 Å². The fourth-order valence-electron chi connectivity index (χ4n) is 1.69. The molecule has 96 valence electrons. The summed E-state index contributed by atoms with van der Waals surface area (Å²) in [6.07, 6.45) is 3.69. The lowest BCUT2D eigenvalue weighted by molar-refractivity contribution is -0.130. The number of nitrogens with zero attached hydrogens (tertiary/aromatic N) is 1. The average Bonchev–Trinajstić information content (AvgIpc) is 2.23. The Hall–Kier alpha value is -0.220. The maximum absolute atomic E-state index is 11.9. The van der Waals surface area contributed by atoms with E-state index in [2.05, 4.69) is 20.1 Å². The SMILES string of the molecule is CSCCN(C)C(=O)CC(CN)CC(C)C. The standard InChI is InChI=1S/C12H26N2OS/c1-10(2)7-11(9-13)8-12(15)14(3)5-6-16-4/h10-11H,5-9,13H2,1-4H3. The Labute approximate surface area is 104 Å². The van der Waals surface area contributed by atoms with Gasteiger partial charge >= 0.3 is 0 Å². The normalized spacial score (nSPS) is 12.9. The third kappa shape index (κ3) is 7.12. The van der Waals surface area contributed by atoms with Crippen LogP contribution in [0.4, 0.5) is 0 Å². The van der Waals surface area contributed by atoms with Gasteiger partial charge in [0.2, 0.25) is 5.91 Å². The monoisotopic (exact) mass is 246 g/mol. The van der Waals surface area contributed by atoms with Crippen molar-refractivity contribution in [2.45, 2.75) is 26.7 Å². The third-order valence-electron chi connectivity index (χ3n) is 2.66. The summed E-state index contributed by atoms with van der Waals surface area (Å²) in [5.41, 5.74) is 5.69. The molecule has 0 aliphatic carbocycles. The second-order valence-corrected chi connectivity index (χ2v) is 5.73. The van der Waals surface area contributed by atoms with E-state index in [0.29, 0.717) is 24.8 Å². The summed E-state index contributed by atoms with van der Waals surface area (Å²) in [6, 6.07) is 0. The number of thioether (sulfide) groups is 1. The Balaban J connectivity index is 3.98. The van der Waals surface area contributed by atoms with Crippen molar-refractivity contribution in [3.8, 4) is 0 Å². The summed E-state index contributed by atoms with van der Waals surface area (Å²) >= 11 is 1.76. The van der Waals surface area contributed by atoms with Crippen molar-refractivity contribution in [1.29, 1.82) is 0 Å². The van der Waals surface area contributed by atoms with Crippen molar-refractivity contribution in [2.75, 3.05) is 32.1 Å². The summed E-state index contributed by atoms with van der Waals surface area (Å²) < 4.78 is 0. The molecule has 0 saturated heterocycles. The van der Waals surface area contributed by atoms with Gasteiger partial charge in [-0.15, -0.1) is 0 Å². The molecule has 16 heavy (non-hydrogen) atoms. The van der Waals surface area contributed by atoms with Crippen LogP contribution in [0.25, 0.3) is 0 Å². The fraction of sp³-hybridized carbons (Fsp3) is 0.917. The quantitative estimate of drug-likeness (QED) is 0.710. The number of rotatable bonds is 8. The molecule has 1 unspecified atom stereocenters. The average molecular weight is 246 g/mol. The van der Waals surface area contributed by atoms with Crippen molar-refractivity contribution < 1.29 is 4.79 Å². The zero-order chi connectivity index (χ0) is 12.6. The van der Waals surface area contributed by atoms with E-state index >= 15 is 0 Å². The van der Waals surface area contributed by atoms with Gasteiger partial charge in [-0.1, -0.05) is 13.8 Å². The van der Waals surface area contributed by atoms with Crippen molar-refractivity contribution in [2.24, 2.45) is 17.6 Å². The molecule has 1 amide bonds. The Kier molecular flexibility index (Phi) is 8.76. The minimum absolute atomic E-state index is 0.227. The van der Waals surface area contributed by atoms with Crippen LogP contribution in [0.15, 0.2) is 0 Å². The molecular weight excluding hydrogens is 220 g/mol. The Morgan fingerprint density at radius 1 is 1.44 bits per heavy atom. The molecule has 0 saturated carbocycles. The smallest absolute Gasteiger partial charge is 0.222 e. The van der Waals surface area contributed by atoms with Gasteiger partial charge in [-0.25, -0.2) is 0 Å². The minimum atomic E-state index is 0.227. The van der Waals surface area contributed by atoms with Crippen LogP contribution in [0, 0.1) is 11.8 Å². The maximum atomic E-state index is 11.9. The first-order valence-corrected chi connectivity index (χ1v) is 7.33. The van der Waals surface area contributed by atoms with Crippen LogP contribution in [-0.2, 0) is 4.79 Å². The highest BCUT2D eigenvalue weighted by atomic mass is 32.2. The van der Waals surface area contributed by atoms with E-state index in [1.165, 1.54) is 0 Å². The lowest BCUT2D eigenvalue weighted by atomic mass is 9.94. The van der Waals surface area contributed by atoms with Gasteiger partial charge in [0.05, 0.1) is 0 Å². The number of amides is 1. The Morgan fingerprint density at radius 2 is 2.06 bits per heavy atom. The van der Waals surface area contributed by atoms with Crippen molar-refractivity contribution in [3.05, 3.63) is 0 Å². The molecule has 0 aromatic rings. The lowest BCUT2D eigenvalue weighted by Crippen LogP contribution is -2.32. The summed E-state index contributed by atoms with van der Waals surface area (Å²) in [4.78, 5) is 13.7. The molecule has 0 aliphatic rings. The maximum Gasteiger partial charge on any atom is 0.222 e. The van der Waals surface area contributed by atoms with Crippen LogP contribution in [0.5, 0.6) is 0 Å². The van der Waals surface area contributed by atoms with E-state index < -0.39 is 0 Å². The Morgan fingerprint density at radius 3 is 2.50 bits per heavy atom. The van der Waals surface area contributed by atoms with E-state index in [1.54, 1.807) is 11.8 Å². The topological polar surface area (TPSA) is 46.3 Å². The molecule has 1 atom stereocenters. The van der Waals surface area contributed by atoms with Crippen LogP contribution >= 0.6 is 11.8 Å². The van der Waals surface area contributed by atoms with E-state index in [4.69, 9.17) is 5.73 Å². The predicted octanol–water partition coefficient (Wildman–Crippen LogP) is 1.82. The summed E-state index contributed by atoms with van der Waals surface area (Å²) in [6.45, 7) is 5.79. The van der Waals surface area contributed by atoms with Crippen molar-refractivity contribution in [3.63, 3.8) is 0 Å². The molecule has 0 aromatic heterocycles. The summed E-state index contributed by atoms with van der Waals surface area (Å²) in [5, 5.41) is 0. The molecule has 2 N–H and O–H groups in total. The molecule has 0 radical (unpaired) electrons. The minimum Gasteiger partial charge on any atom is -0.345 e. The number of carbonyl (C=O) groups is 1. The summed E-state index contributed by atoms with van der Waals surface area (Å²) in [7, 11) is 1.88. The highest BCUT2D eigenvalue weighted by Gasteiger charge is 2.16. The first-order valence-electron chi connectivity index (χ1n) is 5.94. The molecule has 0 aromatic carbocycles. The van der Waals surface area contributed by atoms with Crippen LogP contribution in [0.3, 0.4) is 0 Å². The zero-order valence-electron chi connectivity index (χ0n) is 11.0. The molecule has 0 heterocycles. The number of carbonyl (C=O) groups excluding carboxylic acids is 1. The molecule has 0 aliphatic heterocycles. The highest BCUT2D eigenvalue weighted by molar-refractivity contribution is 7.98.